The Hall–Kier alpha value is -0.113. The average molecular weight is 73.1 g/mol. The molecule has 0 heterocycles. The van der Waals surface area contributed by atoms with E-state index in [1.54, 1.807) is 6.29 Å². The number of hydrogen-bond donors (Lipinski definition) is 0. The van der Waals surface area contributed by atoms with E-state index in [-0.39, 0.29) is 0 Å². The number of carbonyl (C=O) groups excluding carboxylic acids is 1. The smallest absolute Gasteiger partial charge is 0.194 e. The second kappa shape index (κ2) is 2.89. The molecule has 2 heteroatoms. The maximum Gasteiger partial charge on any atom is 0.194 e. The largest absolute Gasteiger partial charge is 0.291 e. The number of hydrogen-bond acceptors (Lipinski definition) is 1. The molecule has 0 aromatic heterocycles. The minimum absolute atomic E-state index is 0.653. The summed E-state index contributed by atoms with van der Waals surface area (Å²) in [6.07, 6.45) is 1.74. The molecule has 23 valence electrons. The van der Waals surface area contributed by atoms with Gasteiger partial charge in [0.1, 0.15) is 0 Å². The second-order valence-corrected chi connectivity index (χ2v) is 1.20. The summed E-state index contributed by atoms with van der Waals surface area (Å²) in [5.41, 5.74) is 0. The van der Waals surface area contributed by atoms with Crippen molar-refractivity contribution in [3.63, 3.8) is 0 Å². The average Bonchev–Trinajstić information content (AvgIpc) is 1.37. The highest BCUT2D eigenvalue weighted by Crippen LogP contribution is 1.46. The van der Waals surface area contributed by atoms with Crippen LogP contribution in [0.25, 0.3) is 0 Å². The monoisotopic (exact) mass is 73.0 g/mol. The van der Waals surface area contributed by atoms with E-state index in [0.29, 0.717) is 6.04 Å². The molecular formula is C2H5OSi. The van der Waals surface area contributed by atoms with Crippen LogP contribution in [0.4, 0.5) is 0 Å². The van der Waals surface area contributed by atoms with E-state index >= 15 is 0 Å². The van der Waals surface area contributed by atoms with Gasteiger partial charge in [0.25, 0.3) is 0 Å². The maximum absolute atomic E-state index is 9.08. The molecule has 0 saturated heterocycles. The molecule has 0 spiro atoms. The highest BCUT2D eigenvalue weighted by atomic mass is 28.1. The van der Waals surface area contributed by atoms with Gasteiger partial charge in [-0.2, -0.15) is 0 Å². The van der Waals surface area contributed by atoms with Gasteiger partial charge in [-0.3, -0.25) is 4.79 Å². The molecule has 0 rings (SSSR count). The molecule has 0 bridgehead atoms. The van der Waals surface area contributed by atoms with Crippen LogP contribution in [0, 0.1) is 0 Å². The van der Waals surface area contributed by atoms with Crippen molar-refractivity contribution in [1.29, 1.82) is 0 Å². The highest BCUT2D eigenvalue weighted by molar-refractivity contribution is 6.15. The van der Waals surface area contributed by atoms with Gasteiger partial charge in [0.05, 0.1) is 0 Å². The summed E-state index contributed by atoms with van der Waals surface area (Å²) in [6, 6.07) is 0.653. The van der Waals surface area contributed by atoms with E-state index in [9.17, 15) is 0 Å². The van der Waals surface area contributed by atoms with Crippen molar-refractivity contribution in [2.45, 2.75) is 6.04 Å². The normalized spacial score (nSPS) is 7.00. The fourth-order valence-electron chi connectivity index (χ4n) is 0. The van der Waals surface area contributed by atoms with E-state index in [0.717, 1.165) is 10.2 Å². The first-order valence-electron chi connectivity index (χ1n) is 1.26. The first-order valence-corrected chi connectivity index (χ1v) is 2.68. The zero-order valence-corrected chi connectivity index (χ0v) is 4.62. The molecule has 0 saturated carbocycles. The number of rotatable bonds is 1. The summed E-state index contributed by atoms with van der Waals surface area (Å²) >= 11 is 0. The third kappa shape index (κ3) is 1.89. The quantitative estimate of drug-likeness (QED) is 0.359. The first-order chi connectivity index (χ1) is 1.91. The molecule has 0 aliphatic rings. The van der Waals surface area contributed by atoms with Crippen LogP contribution in [0.2, 0.25) is 6.04 Å². The van der Waals surface area contributed by atoms with Crippen LogP contribution in [0.3, 0.4) is 0 Å². The summed E-state index contributed by atoms with van der Waals surface area (Å²) in [5, 5.41) is 0. The lowest BCUT2D eigenvalue weighted by atomic mass is 10.9. The Morgan fingerprint density at radius 2 is 2.25 bits per heavy atom. The Kier molecular flexibility index (Phi) is 2.81. The summed E-state index contributed by atoms with van der Waals surface area (Å²) < 4.78 is 0. The zero-order chi connectivity index (χ0) is 3.41. The van der Waals surface area contributed by atoms with Gasteiger partial charge >= 0.3 is 0 Å². The highest BCUT2D eigenvalue weighted by Gasteiger charge is 1.56. The second-order valence-electron chi connectivity index (χ2n) is 0.498. The Labute approximate surface area is 28.4 Å². The van der Waals surface area contributed by atoms with Crippen molar-refractivity contribution in [3.8, 4) is 0 Å². The van der Waals surface area contributed by atoms with E-state index in [1.807, 2.05) is 0 Å². The molecule has 0 unspecified atom stereocenters. The third-order valence-corrected chi connectivity index (χ3v) is 0.433. The Morgan fingerprint density at radius 3 is 2.25 bits per heavy atom. The van der Waals surface area contributed by atoms with Gasteiger partial charge in [0.15, 0.2) is 6.29 Å². The van der Waals surface area contributed by atoms with Crippen LogP contribution in [0.5, 0.6) is 0 Å². The summed E-state index contributed by atoms with van der Waals surface area (Å²) in [6.45, 7) is 0. The van der Waals surface area contributed by atoms with Gasteiger partial charge in [0, 0.05) is 10.2 Å². The molecule has 0 atom stereocenters. The summed E-state index contributed by atoms with van der Waals surface area (Å²) in [4.78, 5) is 9.08. The summed E-state index contributed by atoms with van der Waals surface area (Å²) in [5.74, 6) is 0. The van der Waals surface area contributed by atoms with Crippen molar-refractivity contribution in [2.24, 2.45) is 0 Å². The predicted octanol–water partition coefficient (Wildman–Crippen LogP) is -1.12. The van der Waals surface area contributed by atoms with Crippen molar-refractivity contribution in [1.82, 2.24) is 0 Å². The molecule has 0 fully saturated rings. The van der Waals surface area contributed by atoms with Gasteiger partial charge in [-0.05, 0) is 6.04 Å². The van der Waals surface area contributed by atoms with Crippen molar-refractivity contribution >= 4 is 16.5 Å². The van der Waals surface area contributed by atoms with Gasteiger partial charge in [-0.1, -0.05) is 0 Å². The molecule has 1 radical (unpaired) electrons. The van der Waals surface area contributed by atoms with E-state index < -0.39 is 0 Å². The Balaban J connectivity index is 2.30. The minimum atomic E-state index is 0.653. The Morgan fingerprint density at radius 1 is 2.00 bits per heavy atom. The lowest BCUT2D eigenvalue weighted by molar-refractivity contribution is 0.560. The molecular weight excluding hydrogens is 68.1 g/mol. The lowest BCUT2D eigenvalue weighted by Gasteiger charge is -1.47. The van der Waals surface area contributed by atoms with Crippen LogP contribution in [0.15, 0.2) is 0 Å². The van der Waals surface area contributed by atoms with E-state index in [1.165, 1.54) is 0 Å². The van der Waals surface area contributed by atoms with Gasteiger partial charge in [-0.15, -0.1) is 0 Å². The van der Waals surface area contributed by atoms with Crippen molar-refractivity contribution in [3.05, 3.63) is 0 Å². The van der Waals surface area contributed by atoms with Gasteiger partial charge in [0.2, 0.25) is 0 Å². The minimum Gasteiger partial charge on any atom is -0.291 e. The van der Waals surface area contributed by atoms with Crippen LogP contribution in [-0.4, -0.2) is 16.5 Å². The van der Waals surface area contributed by atoms with E-state index in [2.05, 4.69) is 0 Å². The lowest BCUT2D eigenvalue weighted by Crippen LogP contribution is -1.61. The first kappa shape index (κ1) is 3.89. The van der Waals surface area contributed by atoms with E-state index in [4.69, 9.17) is 4.79 Å². The topological polar surface area (TPSA) is 17.1 Å². The van der Waals surface area contributed by atoms with Crippen LogP contribution >= 0.6 is 0 Å². The zero-order valence-electron chi connectivity index (χ0n) is 2.62. The van der Waals surface area contributed by atoms with Crippen molar-refractivity contribution < 1.29 is 4.79 Å². The van der Waals surface area contributed by atoms with Crippen LogP contribution in [-0.2, 0) is 4.79 Å². The van der Waals surface area contributed by atoms with Crippen molar-refractivity contribution in [2.75, 3.05) is 0 Å². The van der Waals surface area contributed by atoms with Gasteiger partial charge in [-0.25, -0.2) is 0 Å². The molecule has 0 aliphatic heterocycles. The predicted molar refractivity (Wildman–Crippen MR) is 20.4 cm³/mol. The summed E-state index contributed by atoms with van der Waals surface area (Å²) in [7, 11) is 0.966. The molecule has 0 aromatic rings. The fraction of sp³-hybridized carbons (Fsp3) is 0.500. The van der Waals surface area contributed by atoms with Crippen LogP contribution < -0.4 is 0 Å². The molecule has 0 amide bonds. The van der Waals surface area contributed by atoms with Crippen LogP contribution in [0.1, 0.15) is 0 Å². The Bertz CT molecular complexity index is 20.0. The molecule has 0 aromatic carbocycles. The standard InChI is InChI=1S/C2H5OSi/c3-1-2-4/h2H2,4H3. The third-order valence-electron chi connectivity index (χ3n) is 0.144. The fourth-order valence-corrected chi connectivity index (χ4v) is 0. The molecule has 0 N–H and O–H groups in total. The SMILES string of the molecule is O=[C]C[SiH3]. The molecule has 1 nitrogen and oxygen atoms in total. The maximum atomic E-state index is 9.08. The molecule has 0 aliphatic carbocycles. The van der Waals surface area contributed by atoms with Gasteiger partial charge < -0.3 is 0 Å². The molecule has 4 heavy (non-hydrogen) atoms.